The molecule has 0 aliphatic heterocycles. The number of hydrogen-bond acceptors (Lipinski definition) is 2. The van der Waals surface area contributed by atoms with Crippen molar-refractivity contribution in [2.45, 2.75) is 20.3 Å². The van der Waals surface area contributed by atoms with Gasteiger partial charge in [0, 0.05) is 13.0 Å². The number of aliphatic imine (C=N–C) groups is 1. The molecule has 0 atom stereocenters. The highest BCUT2D eigenvalue weighted by atomic mass is 19.1. The molecule has 0 fully saturated rings. The van der Waals surface area contributed by atoms with E-state index in [1.165, 1.54) is 18.5 Å². The predicted octanol–water partition coefficient (Wildman–Crippen LogP) is 2.64. The lowest BCUT2D eigenvalue weighted by Gasteiger charge is -2.07. The van der Waals surface area contributed by atoms with Crippen LogP contribution < -0.4 is 5.48 Å². The van der Waals surface area contributed by atoms with Crippen molar-refractivity contribution in [1.29, 1.82) is 0 Å². The summed E-state index contributed by atoms with van der Waals surface area (Å²) in [5.74, 6) is 0.440. The molecule has 0 bridgehead atoms. The summed E-state index contributed by atoms with van der Waals surface area (Å²) >= 11 is 0. The molecule has 1 aliphatic rings. The Bertz CT molecular complexity index is 329. The monoisotopic (exact) mass is 210 g/mol. The Labute approximate surface area is 89.0 Å². The van der Waals surface area contributed by atoms with Gasteiger partial charge in [-0.25, -0.2) is 9.87 Å². The number of halogens is 1. The van der Waals surface area contributed by atoms with Crippen molar-refractivity contribution < 1.29 is 9.23 Å². The molecular weight excluding hydrogens is 195 g/mol. The Morgan fingerprint density at radius 3 is 3.20 bits per heavy atom. The lowest BCUT2D eigenvalue weighted by atomic mass is 10.2. The fourth-order valence-electron chi connectivity index (χ4n) is 1.12. The third kappa shape index (κ3) is 3.97. The van der Waals surface area contributed by atoms with E-state index in [0.717, 1.165) is 5.57 Å². The molecule has 15 heavy (non-hydrogen) atoms. The summed E-state index contributed by atoms with van der Waals surface area (Å²) in [5, 5.41) is 0. The summed E-state index contributed by atoms with van der Waals surface area (Å²) in [6.45, 7) is 4.43. The fraction of sp³-hybridized carbons (Fsp3) is 0.364. The highest BCUT2D eigenvalue weighted by molar-refractivity contribution is 5.52. The average molecular weight is 210 g/mol. The zero-order valence-electron chi connectivity index (χ0n) is 8.96. The molecule has 1 N–H and O–H groups in total. The molecule has 1 rings (SSSR count). The lowest BCUT2D eigenvalue weighted by Crippen LogP contribution is -2.12. The molecule has 4 heteroatoms. The number of hydrogen-bond donors (Lipinski definition) is 1. The summed E-state index contributed by atoms with van der Waals surface area (Å²) in [5.41, 5.74) is 3.37. The van der Waals surface area contributed by atoms with Gasteiger partial charge in [-0.2, -0.15) is 0 Å². The minimum atomic E-state index is -0.256. The Balaban J connectivity index is 2.57. The van der Waals surface area contributed by atoms with Gasteiger partial charge in [0.2, 0.25) is 0 Å². The first kappa shape index (κ1) is 11.5. The van der Waals surface area contributed by atoms with Gasteiger partial charge in [0.05, 0.1) is 0 Å². The number of allylic oxidation sites excluding steroid dienone is 5. The van der Waals surface area contributed by atoms with Crippen molar-refractivity contribution in [2.75, 3.05) is 6.54 Å². The first-order valence-electron chi connectivity index (χ1n) is 4.88. The van der Waals surface area contributed by atoms with Crippen molar-refractivity contribution in [3.8, 4) is 0 Å². The quantitative estimate of drug-likeness (QED) is 0.439. The van der Waals surface area contributed by atoms with Gasteiger partial charge in [-0.3, -0.25) is 4.99 Å². The van der Waals surface area contributed by atoms with Gasteiger partial charge in [-0.1, -0.05) is 6.08 Å². The Morgan fingerprint density at radius 1 is 1.67 bits per heavy atom. The Morgan fingerprint density at radius 2 is 2.47 bits per heavy atom. The highest BCUT2D eigenvalue weighted by Crippen LogP contribution is 2.18. The minimum Gasteiger partial charge on any atom is -0.385 e. The van der Waals surface area contributed by atoms with E-state index in [0.29, 0.717) is 18.7 Å². The maximum Gasteiger partial charge on any atom is 0.138 e. The van der Waals surface area contributed by atoms with E-state index in [1.807, 2.05) is 6.92 Å². The zero-order valence-corrected chi connectivity index (χ0v) is 8.96. The van der Waals surface area contributed by atoms with E-state index in [-0.39, 0.29) is 5.83 Å². The molecule has 82 valence electrons. The molecular formula is C11H15FN2O. The van der Waals surface area contributed by atoms with Gasteiger partial charge in [0.25, 0.3) is 0 Å². The van der Waals surface area contributed by atoms with Crippen molar-refractivity contribution in [3.05, 3.63) is 35.4 Å². The zero-order chi connectivity index (χ0) is 11.1. The summed E-state index contributed by atoms with van der Waals surface area (Å²) in [6, 6.07) is 0. The Kier molecular flexibility index (Phi) is 4.60. The van der Waals surface area contributed by atoms with E-state index < -0.39 is 0 Å². The molecule has 0 aromatic heterocycles. The fourth-order valence-corrected chi connectivity index (χ4v) is 1.12. The van der Waals surface area contributed by atoms with Crippen LogP contribution >= 0.6 is 0 Å². The van der Waals surface area contributed by atoms with Gasteiger partial charge in [-0.05, 0) is 31.6 Å². The van der Waals surface area contributed by atoms with Crippen LogP contribution in [0.3, 0.4) is 0 Å². The second-order valence-electron chi connectivity index (χ2n) is 3.09. The van der Waals surface area contributed by atoms with Crippen LogP contribution in [0.5, 0.6) is 0 Å². The predicted molar refractivity (Wildman–Crippen MR) is 58.9 cm³/mol. The summed E-state index contributed by atoms with van der Waals surface area (Å²) in [4.78, 5) is 9.17. The van der Waals surface area contributed by atoms with E-state index in [1.54, 1.807) is 13.0 Å². The lowest BCUT2D eigenvalue weighted by molar-refractivity contribution is 0.156. The van der Waals surface area contributed by atoms with Crippen LogP contribution in [0.25, 0.3) is 0 Å². The van der Waals surface area contributed by atoms with Crippen LogP contribution in [0, 0.1) is 0 Å². The first-order valence-corrected chi connectivity index (χ1v) is 4.88. The number of nitrogens with one attached hydrogen (secondary N) is 1. The average Bonchev–Trinajstić information content (AvgIpc) is 2.35. The van der Waals surface area contributed by atoms with Crippen LogP contribution in [0.1, 0.15) is 20.3 Å². The van der Waals surface area contributed by atoms with Gasteiger partial charge in [0.15, 0.2) is 0 Å². The number of nitrogens with zero attached hydrogens (tertiary/aromatic N) is 1. The minimum absolute atomic E-state index is 0.256. The third-order valence-electron chi connectivity index (χ3n) is 1.88. The maximum absolute atomic E-state index is 12.9. The van der Waals surface area contributed by atoms with Gasteiger partial charge < -0.3 is 4.84 Å². The van der Waals surface area contributed by atoms with Crippen LogP contribution in [-0.4, -0.2) is 12.9 Å². The first-order chi connectivity index (χ1) is 7.24. The number of rotatable bonds is 4. The molecule has 0 saturated carbocycles. The molecule has 0 aromatic carbocycles. The summed E-state index contributed by atoms with van der Waals surface area (Å²) < 4.78 is 12.9. The van der Waals surface area contributed by atoms with E-state index in [2.05, 4.69) is 10.5 Å². The van der Waals surface area contributed by atoms with Crippen LogP contribution in [-0.2, 0) is 4.84 Å². The van der Waals surface area contributed by atoms with Gasteiger partial charge in [0.1, 0.15) is 17.9 Å². The third-order valence-corrected chi connectivity index (χ3v) is 1.88. The van der Waals surface area contributed by atoms with Crippen LogP contribution in [0.4, 0.5) is 4.39 Å². The van der Waals surface area contributed by atoms with Crippen molar-refractivity contribution in [1.82, 2.24) is 5.48 Å². The van der Waals surface area contributed by atoms with E-state index in [4.69, 9.17) is 4.84 Å². The molecule has 0 heterocycles. The van der Waals surface area contributed by atoms with Crippen molar-refractivity contribution in [3.63, 3.8) is 0 Å². The van der Waals surface area contributed by atoms with Gasteiger partial charge >= 0.3 is 0 Å². The molecule has 0 radical (unpaired) electrons. The van der Waals surface area contributed by atoms with Crippen LogP contribution in [0.2, 0.25) is 0 Å². The molecule has 0 aromatic rings. The molecule has 3 nitrogen and oxygen atoms in total. The topological polar surface area (TPSA) is 33.6 Å². The molecule has 0 saturated heterocycles. The van der Waals surface area contributed by atoms with Crippen LogP contribution in [0.15, 0.2) is 40.4 Å². The maximum atomic E-state index is 12.9. The molecule has 0 unspecified atom stereocenters. The molecule has 1 aliphatic carbocycles. The van der Waals surface area contributed by atoms with E-state index in [9.17, 15) is 4.39 Å². The highest BCUT2D eigenvalue weighted by Gasteiger charge is 2.05. The number of hydroxylamine groups is 1. The smallest absolute Gasteiger partial charge is 0.138 e. The standard InChI is InChI=1S/C11H15FN2O/c1-3-13-8-14-15-11-6-4-5-10(12)7-9(11)2/h4-5,7-8H,3,6H2,1-2H3,(H,13,14). The van der Waals surface area contributed by atoms with E-state index >= 15 is 0 Å². The largest absolute Gasteiger partial charge is 0.385 e. The normalized spacial score (nSPS) is 16.6. The van der Waals surface area contributed by atoms with Gasteiger partial charge in [-0.15, -0.1) is 0 Å². The van der Waals surface area contributed by atoms with Crippen molar-refractivity contribution in [2.24, 2.45) is 4.99 Å². The summed E-state index contributed by atoms with van der Waals surface area (Å²) in [7, 11) is 0. The second kappa shape index (κ2) is 6.01. The van der Waals surface area contributed by atoms with Crippen molar-refractivity contribution >= 4 is 6.34 Å². The molecule has 0 spiro atoms. The SMILES string of the molecule is CCN=CNOC1=C(C)C=C(F)C=CC1. The summed E-state index contributed by atoms with van der Waals surface area (Å²) in [6.07, 6.45) is 6.64. The molecule has 0 amide bonds. The second-order valence-corrected chi connectivity index (χ2v) is 3.09. The Hall–Kier alpha value is -1.58.